The average molecular weight is 433 g/mol. The summed E-state index contributed by atoms with van der Waals surface area (Å²) in [6.45, 7) is 0. The van der Waals surface area contributed by atoms with Crippen molar-refractivity contribution in [3.05, 3.63) is 47.1 Å². The third kappa shape index (κ3) is 3.51. The summed E-state index contributed by atoms with van der Waals surface area (Å²) in [5, 5.41) is 16.2. The first-order chi connectivity index (χ1) is 15.0. The maximum Gasteiger partial charge on any atom is 0.132 e. The predicted octanol–water partition coefficient (Wildman–Crippen LogP) is 4.22. The number of thiophene rings is 1. The number of aliphatic hydroxyl groups is 1. The molecule has 0 spiro atoms. The summed E-state index contributed by atoms with van der Waals surface area (Å²) in [5.41, 5.74) is 10.4. The molecule has 3 N–H and O–H groups in total. The van der Waals surface area contributed by atoms with E-state index in [4.69, 9.17) is 10.7 Å². The van der Waals surface area contributed by atoms with Crippen molar-refractivity contribution in [2.75, 3.05) is 12.8 Å². The first-order valence-electron chi connectivity index (χ1n) is 10.3. The molecule has 1 aliphatic carbocycles. The second-order valence-corrected chi connectivity index (χ2v) is 9.05. The Kier molecular flexibility index (Phi) is 5.03. The number of aromatic nitrogens is 4. The Balaban J connectivity index is 1.69. The van der Waals surface area contributed by atoms with E-state index in [1.54, 1.807) is 37.0 Å². The molecule has 7 nitrogen and oxygen atoms in total. The summed E-state index contributed by atoms with van der Waals surface area (Å²) in [5.74, 6) is 0.786. The molecule has 1 saturated carbocycles. The standard InChI is InChI=1S/C23H24N6OS/c1-25-11-15-8-14(12-26-22(15)24)18-9-16(19-6-7-27-29(19)2)17-10-20(31-23(17)28-18)21(30)13-4-3-5-13/h6-13,21,30H,3-5H2,1-2H3,(H2,24,26). The summed E-state index contributed by atoms with van der Waals surface area (Å²) in [4.78, 5) is 15.2. The molecule has 1 atom stereocenters. The third-order valence-corrected chi connectivity index (χ3v) is 7.12. The molecule has 5 rings (SSSR count). The van der Waals surface area contributed by atoms with E-state index in [-0.39, 0.29) is 0 Å². The summed E-state index contributed by atoms with van der Waals surface area (Å²) in [6.07, 6.45) is 8.16. The van der Waals surface area contributed by atoms with Gasteiger partial charge in [0, 0.05) is 59.7 Å². The normalized spacial score (nSPS) is 15.6. The van der Waals surface area contributed by atoms with Gasteiger partial charge in [0.1, 0.15) is 10.6 Å². The number of pyridine rings is 2. The number of nitrogen functional groups attached to an aromatic ring is 1. The maximum atomic E-state index is 10.9. The van der Waals surface area contributed by atoms with Gasteiger partial charge in [0.05, 0.1) is 17.5 Å². The Morgan fingerprint density at radius 2 is 2.16 bits per heavy atom. The van der Waals surface area contributed by atoms with Gasteiger partial charge in [-0.05, 0) is 43.0 Å². The highest BCUT2D eigenvalue weighted by atomic mass is 32.1. The zero-order valence-corrected chi connectivity index (χ0v) is 18.3. The molecule has 1 unspecified atom stereocenters. The highest BCUT2D eigenvalue weighted by molar-refractivity contribution is 7.18. The molecule has 1 fully saturated rings. The van der Waals surface area contributed by atoms with E-state index in [0.29, 0.717) is 11.7 Å². The summed E-state index contributed by atoms with van der Waals surface area (Å²) >= 11 is 1.56. The SMILES string of the molecule is CN=Cc1cc(-c2cc(-c3ccnn3C)c3cc(C(O)C4CCC4)sc3n2)cnc1N. The predicted molar refractivity (Wildman–Crippen MR) is 125 cm³/mol. The molecular formula is C23H24N6OS. The van der Waals surface area contributed by atoms with E-state index in [1.807, 2.05) is 23.9 Å². The van der Waals surface area contributed by atoms with Crippen LogP contribution in [0, 0.1) is 5.92 Å². The largest absolute Gasteiger partial charge is 0.387 e. The van der Waals surface area contributed by atoms with Crippen LogP contribution in [0.5, 0.6) is 0 Å². The number of aliphatic hydroxyl groups excluding tert-OH is 1. The molecule has 31 heavy (non-hydrogen) atoms. The summed E-state index contributed by atoms with van der Waals surface area (Å²) in [6, 6.07) is 8.10. The quantitative estimate of drug-likeness (QED) is 0.460. The maximum absolute atomic E-state index is 10.9. The fourth-order valence-electron chi connectivity index (χ4n) is 4.04. The first kappa shape index (κ1) is 19.8. The lowest BCUT2D eigenvalue weighted by molar-refractivity contribution is 0.0650. The Hall–Kier alpha value is -3.10. The lowest BCUT2D eigenvalue weighted by Gasteiger charge is -2.29. The minimum Gasteiger partial charge on any atom is -0.387 e. The van der Waals surface area contributed by atoms with Gasteiger partial charge in [-0.3, -0.25) is 9.67 Å². The number of aliphatic imine (C=N–C) groups is 1. The fourth-order valence-corrected chi connectivity index (χ4v) is 5.17. The van der Waals surface area contributed by atoms with E-state index in [1.165, 1.54) is 6.42 Å². The van der Waals surface area contributed by atoms with Crippen LogP contribution < -0.4 is 5.73 Å². The average Bonchev–Trinajstić information content (AvgIpc) is 3.34. The molecule has 0 radical (unpaired) electrons. The molecule has 158 valence electrons. The molecular weight excluding hydrogens is 408 g/mol. The van der Waals surface area contributed by atoms with E-state index in [9.17, 15) is 5.11 Å². The molecule has 8 heteroatoms. The Morgan fingerprint density at radius 1 is 1.32 bits per heavy atom. The van der Waals surface area contributed by atoms with Crippen LogP contribution in [0.2, 0.25) is 0 Å². The highest BCUT2D eigenvalue weighted by Crippen LogP contribution is 2.43. The minimum atomic E-state index is -0.429. The summed E-state index contributed by atoms with van der Waals surface area (Å²) < 4.78 is 1.86. The number of fused-ring (bicyclic) bond motifs is 1. The second-order valence-electron chi connectivity index (χ2n) is 7.98. The van der Waals surface area contributed by atoms with Gasteiger partial charge in [0.25, 0.3) is 0 Å². The van der Waals surface area contributed by atoms with Gasteiger partial charge in [-0.15, -0.1) is 11.3 Å². The molecule has 0 bridgehead atoms. The minimum absolute atomic E-state index is 0.352. The van der Waals surface area contributed by atoms with Crippen molar-refractivity contribution in [3.8, 4) is 22.5 Å². The molecule has 1 aliphatic rings. The van der Waals surface area contributed by atoms with Crippen LogP contribution >= 0.6 is 11.3 Å². The van der Waals surface area contributed by atoms with Gasteiger partial charge in [-0.2, -0.15) is 5.10 Å². The fraction of sp³-hybridized carbons (Fsp3) is 0.304. The molecule has 0 aromatic carbocycles. The van der Waals surface area contributed by atoms with Gasteiger partial charge in [-0.25, -0.2) is 9.97 Å². The van der Waals surface area contributed by atoms with Crippen LogP contribution in [-0.2, 0) is 7.05 Å². The van der Waals surface area contributed by atoms with Crippen molar-refractivity contribution in [3.63, 3.8) is 0 Å². The van der Waals surface area contributed by atoms with Gasteiger partial charge in [-0.1, -0.05) is 6.42 Å². The molecule has 0 aliphatic heterocycles. The Labute approximate surface area is 184 Å². The number of anilines is 1. The van der Waals surface area contributed by atoms with Crippen LogP contribution in [0.4, 0.5) is 5.82 Å². The topological polar surface area (TPSA) is 102 Å². The number of nitrogens with zero attached hydrogens (tertiary/aromatic N) is 5. The van der Waals surface area contributed by atoms with Crippen molar-refractivity contribution >= 4 is 33.6 Å². The van der Waals surface area contributed by atoms with Crippen LogP contribution in [0.25, 0.3) is 32.7 Å². The van der Waals surface area contributed by atoms with E-state index in [0.717, 1.165) is 56.0 Å². The first-order valence-corrected chi connectivity index (χ1v) is 11.2. The van der Waals surface area contributed by atoms with Gasteiger partial charge < -0.3 is 10.8 Å². The van der Waals surface area contributed by atoms with E-state index in [2.05, 4.69) is 27.2 Å². The summed E-state index contributed by atoms with van der Waals surface area (Å²) in [7, 11) is 3.63. The Bertz CT molecular complexity index is 1290. The Morgan fingerprint density at radius 3 is 2.84 bits per heavy atom. The van der Waals surface area contributed by atoms with Crippen LogP contribution in [0.1, 0.15) is 35.8 Å². The van der Waals surface area contributed by atoms with Crippen molar-refractivity contribution in [2.24, 2.45) is 18.0 Å². The third-order valence-electron chi connectivity index (χ3n) is 6.02. The molecule has 0 saturated heterocycles. The molecule has 4 aromatic heterocycles. The smallest absolute Gasteiger partial charge is 0.132 e. The van der Waals surface area contributed by atoms with Gasteiger partial charge >= 0.3 is 0 Å². The van der Waals surface area contributed by atoms with E-state index < -0.39 is 6.10 Å². The van der Waals surface area contributed by atoms with Crippen LogP contribution in [-0.4, -0.2) is 38.1 Å². The van der Waals surface area contributed by atoms with Gasteiger partial charge in [0.2, 0.25) is 0 Å². The van der Waals surface area contributed by atoms with Crippen molar-refractivity contribution in [2.45, 2.75) is 25.4 Å². The molecule has 0 amide bonds. The number of nitrogens with two attached hydrogens (primary N) is 1. The monoisotopic (exact) mass is 432 g/mol. The number of hydrogen-bond acceptors (Lipinski definition) is 7. The number of rotatable bonds is 5. The van der Waals surface area contributed by atoms with Crippen molar-refractivity contribution < 1.29 is 5.11 Å². The molecule has 4 aromatic rings. The lowest BCUT2D eigenvalue weighted by Crippen LogP contribution is -2.19. The highest BCUT2D eigenvalue weighted by Gasteiger charge is 2.28. The van der Waals surface area contributed by atoms with Crippen molar-refractivity contribution in [1.82, 2.24) is 19.7 Å². The lowest BCUT2D eigenvalue weighted by atomic mass is 9.80. The van der Waals surface area contributed by atoms with Gasteiger partial charge in [0.15, 0.2) is 0 Å². The van der Waals surface area contributed by atoms with E-state index >= 15 is 0 Å². The second kappa shape index (κ2) is 7.86. The van der Waals surface area contributed by atoms with Crippen LogP contribution in [0.15, 0.2) is 41.7 Å². The number of aryl methyl sites for hydroxylation is 1. The zero-order chi connectivity index (χ0) is 21.5. The van der Waals surface area contributed by atoms with Crippen molar-refractivity contribution in [1.29, 1.82) is 0 Å². The number of hydrogen-bond donors (Lipinski definition) is 2. The zero-order valence-electron chi connectivity index (χ0n) is 17.5. The molecule has 4 heterocycles. The van der Waals surface area contributed by atoms with Crippen LogP contribution in [0.3, 0.4) is 0 Å².